The highest BCUT2D eigenvalue weighted by atomic mass is 35.5. The molecule has 2 aromatic carbocycles. The molecular weight excluding hydrogens is 473 g/mol. The maximum atomic E-state index is 13.0. The zero-order chi connectivity index (χ0) is 22.2. The Hall–Kier alpha value is -1.64. The summed E-state index contributed by atoms with van der Waals surface area (Å²) < 4.78 is 27.4. The lowest BCUT2D eigenvalue weighted by atomic mass is 10.0. The second-order valence-corrected chi connectivity index (χ2v) is 11.2. The Morgan fingerprint density at radius 1 is 1.03 bits per heavy atom. The van der Waals surface area contributed by atoms with Gasteiger partial charge in [0.25, 0.3) is 0 Å². The van der Waals surface area contributed by atoms with Gasteiger partial charge >= 0.3 is 0 Å². The summed E-state index contributed by atoms with van der Waals surface area (Å²) in [6.07, 6.45) is 0.801. The van der Waals surface area contributed by atoms with Gasteiger partial charge in [0.1, 0.15) is 0 Å². The predicted molar refractivity (Wildman–Crippen MR) is 128 cm³/mol. The van der Waals surface area contributed by atoms with Gasteiger partial charge in [-0.05, 0) is 48.7 Å². The van der Waals surface area contributed by atoms with Crippen LogP contribution in [0.15, 0.2) is 46.7 Å². The third-order valence-corrected chi connectivity index (χ3v) is 9.25. The molecule has 2 heterocycles. The fraction of sp³-hybridized carbons (Fsp3) is 0.318. The average molecular weight is 496 g/mol. The summed E-state index contributed by atoms with van der Waals surface area (Å²) in [5.74, 6) is 0. The molecule has 1 fully saturated rings. The average Bonchev–Trinajstić information content (AvgIpc) is 3.22. The van der Waals surface area contributed by atoms with Crippen molar-refractivity contribution < 1.29 is 8.42 Å². The lowest BCUT2D eigenvalue weighted by Gasteiger charge is -2.33. The first-order chi connectivity index (χ1) is 14.8. The smallest absolute Gasteiger partial charge is 0.243 e. The summed E-state index contributed by atoms with van der Waals surface area (Å²) in [7, 11) is -3.60. The molecule has 5 nitrogen and oxygen atoms in total. The van der Waals surface area contributed by atoms with Crippen LogP contribution in [0.3, 0.4) is 0 Å². The molecule has 0 atom stereocenters. The van der Waals surface area contributed by atoms with Gasteiger partial charge in [0.2, 0.25) is 10.0 Å². The minimum atomic E-state index is -3.60. The summed E-state index contributed by atoms with van der Waals surface area (Å²) in [5, 5.41) is 3.61. The van der Waals surface area contributed by atoms with E-state index in [2.05, 4.69) is 42.3 Å². The number of hydrogen-bond acceptors (Lipinski definition) is 5. The first-order valence-electron chi connectivity index (χ1n) is 9.95. The highest BCUT2D eigenvalue weighted by Crippen LogP contribution is 2.29. The van der Waals surface area contributed by atoms with Crippen LogP contribution < -0.4 is 4.90 Å². The Morgan fingerprint density at radius 3 is 2.48 bits per heavy atom. The van der Waals surface area contributed by atoms with Crippen LogP contribution in [-0.4, -0.2) is 43.9 Å². The van der Waals surface area contributed by atoms with Gasteiger partial charge in [-0.2, -0.15) is 4.31 Å². The van der Waals surface area contributed by atoms with E-state index in [9.17, 15) is 8.42 Å². The Bertz CT molecular complexity index is 1200. The molecule has 0 spiro atoms. The molecule has 1 aromatic heterocycles. The number of nitrogens with zero attached hydrogens (tertiary/aromatic N) is 3. The van der Waals surface area contributed by atoms with E-state index in [0.717, 1.165) is 17.2 Å². The molecule has 0 radical (unpaired) electrons. The van der Waals surface area contributed by atoms with E-state index >= 15 is 0 Å². The Morgan fingerprint density at radius 2 is 1.77 bits per heavy atom. The van der Waals surface area contributed by atoms with Crippen molar-refractivity contribution in [3.63, 3.8) is 0 Å². The van der Waals surface area contributed by atoms with Crippen LogP contribution in [0, 0.1) is 13.8 Å². The first kappa shape index (κ1) is 22.6. The minimum Gasteiger partial charge on any atom is -0.345 e. The van der Waals surface area contributed by atoms with Crippen molar-refractivity contribution in [2.75, 3.05) is 31.1 Å². The summed E-state index contributed by atoms with van der Waals surface area (Å²) in [6, 6.07) is 10.8. The Balaban J connectivity index is 1.42. The zero-order valence-corrected chi connectivity index (χ0v) is 20.5. The molecule has 0 N–H and O–H groups in total. The molecule has 164 valence electrons. The number of sulfonamides is 1. The van der Waals surface area contributed by atoms with Crippen molar-refractivity contribution in [1.82, 2.24) is 9.29 Å². The van der Waals surface area contributed by atoms with Crippen molar-refractivity contribution in [1.29, 1.82) is 0 Å². The van der Waals surface area contributed by atoms with E-state index in [1.807, 2.05) is 0 Å². The van der Waals surface area contributed by atoms with E-state index in [4.69, 9.17) is 28.2 Å². The van der Waals surface area contributed by atoms with E-state index < -0.39 is 10.0 Å². The van der Waals surface area contributed by atoms with Crippen molar-refractivity contribution in [2.24, 2.45) is 0 Å². The highest BCUT2D eigenvalue weighted by molar-refractivity contribution is 7.89. The Kier molecular flexibility index (Phi) is 6.60. The standard InChI is InChI=1S/C22H23Cl2N3O2S2/c1-15-4-3-5-17(16(15)2)12-18-14-30-22(25-18)26-8-10-27(11-9-26)31(28,29)19-6-7-20(23)21(24)13-19/h3-7,13-14H,8-12H2,1-2H3. The van der Waals surface area contributed by atoms with Crippen molar-refractivity contribution in [3.05, 3.63) is 74.2 Å². The SMILES string of the molecule is Cc1cccc(Cc2csc(N3CCN(S(=O)(=O)c4ccc(Cl)c(Cl)c4)CC3)n2)c1C. The molecular formula is C22H23Cl2N3O2S2. The van der Waals surface area contributed by atoms with Gasteiger partial charge in [-0.25, -0.2) is 13.4 Å². The molecule has 1 aliphatic rings. The van der Waals surface area contributed by atoms with Crippen molar-refractivity contribution in [2.45, 2.75) is 25.2 Å². The van der Waals surface area contributed by atoms with Crippen LogP contribution in [0.25, 0.3) is 0 Å². The quantitative estimate of drug-likeness (QED) is 0.489. The van der Waals surface area contributed by atoms with Crippen LogP contribution in [-0.2, 0) is 16.4 Å². The number of anilines is 1. The lowest BCUT2D eigenvalue weighted by molar-refractivity contribution is 0.384. The lowest BCUT2D eigenvalue weighted by Crippen LogP contribution is -2.48. The second-order valence-electron chi connectivity index (χ2n) is 7.62. The van der Waals surface area contributed by atoms with Gasteiger partial charge < -0.3 is 4.90 Å². The number of hydrogen-bond donors (Lipinski definition) is 0. The summed E-state index contributed by atoms with van der Waals surface area (Å²) >= 11 is 13.5. The van der Waals surface area contributed by atoms with E-state index in [-0.39, 0.29) is 9.92 Å². The Labute approximate surface area is 197 Å². The van der Waals surface area contributed by atoms with Crippen LogP contribution in [0.4, 0.5) is 5.13 Å². The van der Waals surface area contributed by atoms with Gasteiger partial charge in [0.05, 0.1) is 20.6 Å². The van der Waals surface area contributed by atoms with Gasteiger partial charge in [-0.1, -0.05) is 41.4 Å². The number of aromatic nitrogens is 1. The molecule has 0 amide bonds. The third-order valence-electron chi connectivity index (χ3n) is 5.67. The normalized spacial score (nSPS) is 15.4. The number of thiazole rings is 1. The van der Waals surface area contributed by atoms with Gasteiger partial charge in [0, 0.05) is 38.0 Å². The zero-order valence-electron chi connectivity index (χ0n) is 17.3. The van der Waals surface area contributed by atoms with Crippen LogP contribution in [0.5, 0.6) is 0 Å². The molecule has 9 heteroatoms. The van der Waals surface area contributed by atoms with Gasteiger partial charge in [-0.15, -0.1) is 11.3 Å². The molecule has 0 unspecified atom stereocenters. The highest BCUT2D eigenvalue weighted by Gasteiger charge is 2.29. The number of aryl methyl sites for hydroxylation is 1. The molecule has 31 heavy (non-hydrogen) atoms. The van der Waals surface area contributed by atoms with E-state index in [1.54, 1.807) is 11.3 Å². The fourth-order valence-corrected chi connectivity index (χ4v) is 6.32. The van der Waals surface area contributed by atoms with E-state index in [0.29, 0.717) is 31.2 Å². The maximum Gasteiger partial charge on any atom is 0.243 e. The minimum absolute atomic E-state index is 0.167. The molecule has 4 rings (SSSR count). The first-order valence-corrected chi connectivity index (χ1v) is 13.0. The third kappa shape index (κ3) is 4.76. The monoisotopic (exact) mass is 495 g/mol. The van der Waals surface area contributed by atoms with Crippen LogP contribution in [0.2, 0.25) is 10.0 Å². The van der Waals surface area contributed by atoms with E-state index in [1.165, 1.54) is 39.2 Å². The molecule has 0 bridgehead atoms. The number of benzene rings is 2. The summed E-state index contributed by atoms with van der Waals surface area (Å²) in [6.45, 7) is 6.25. The van der Waals surface area contributed by atoms with Crippen LogP contribution >= 0.6 is 34.5 Å². The van der Waals surface area contributed by atoms with Crippen molar-refractivity contribution in [3.8, 4) is 0 Å². The molecule has 3 aromatic rings. The molecule has 0 saturated carbocycles. The maximum absolute atomic E-state index is 13.0. The topological polar surface area (TPSA) is 53.5 Å². The molecule has 1 aliphatic heterocycles. The number of rotatable bonds is 5. The van der Waals surface area contributed by atoms with Gasteiger partial charge in [-0.3, -0.25) is 0 Å². The second kappa shape index (κ2) is 9.08. The fourth-order valence-electron chi connectivity index (χ4n) is 3.63. The summed E-state index contributed by atoms with van der Waals surface area (Å²) in [4.78, 5) is 7.13. The number of halogens is 2. The molecule has 0 aliphatic carbocycles. The largest absolute Gasteiger partial charge is 0.345 e. The van der Waals surface area contributed by atoms with Crippen molar-refractivity contribution >= 4 is 49.7 Å². The summed E-state index contributed by atoms with van der Waals surface area (Å²) in [5.41, 5.74) is 4.92. The van der Waals surface area contributed by atoms with Crippen LogP contribution in [0.1, 0.15) is 22.4 Å². The molecule has 1 saturated heterocycles. The number of piperazine rings is 1. The van der Waals surface area contributed by atoms with Gasteiger partial charge in [0.15, 0.2) is 5.13 Å². The predicted octanol–water partition coefficient (Wildman–Crippen LogP) is 5.17.